The standard InChI is InChI=1S/C15H13F3IN3O2S/c1-2-24-13(23)6-12-8-25-14(21-12)22-20-7-9-3-10(15(16,17)18)5-11(19)4-9/h3-5,7-8H,2,6H2,1H3,(H,21,22). The molecule has 0 fully saturated rings. The van der Waals surface area contributed by atoms with Crippen molar-refractivity contribution in [2.75, 3.05) is 12.0 Å². The molecular weight excluding hydrogens is 470 g/mol. The van der Waals surface area contributed by atoms with Crippen LogP contribution in [-0.2, 0) is 22.1 Å². The van der Waals surface area contributed by atoms with Gasteiger partial charge in [-0.25, -0.2) is 4.98 Å². The lowest BCUT2D eigenvalue weighted by atomic mass is 10.1. The minimum atomic E-state index is -4.41. The Balaban J connectivity index is 2.01. The van der Waals surface area contributed by atoms with Gasteiger partial charge in [-0.3, -0.25) is 10.2 Å². The number of anilines is 1. The van der Waals surface area contributed by atoms with E-state index in [4.69, 9.17) is 4.74 Å². The molecule has 0 unspecified atom stereocenters. The molecule has 5 nitrogen and oxygen atoms in total. The van der Waals surface area contributed by atoms with Crippen LogP contribution in [0.2, 0.25) is 0 Å². The van der Waals surface area contributed by atoms with Gasteiger partial charge in [0.2, 0.25) is 5.13 Å². The number of hydrogen-bond acceptors (Lipinski definition) is 6. The molecule has 2 rings (SSSR count). The lowest BCUT2D eigenvalue weighted by Gasteiger charge is -2.07. The molecule has 1 aromatic heterocycles. The molecule has 25 heavy (non-hydrogen) atoms. The summed E-state index contributed by atoms with van der Waals surface area (Å²) in [6.45, 7) is 2.02. The summed E-state index contributed by atoms with van der Waals surface area (Å²) in [4.78, 5) is 15.5. The Hall–Kier alpha value is -1.69. The van der Waals surface area contributed by atoms with Crippen molar-refractivity contribution in [1.29, 1.82) is 0 Å². The molecule has 0 bridgehead atoms. The van der Waals surface area contributed by atoms with E-state index in [1.807, 2.05) is 22.6 Å². The highest BCUT2D eigenvalue weighted by Crippen LogP contribution is 2.30. The number of hydrazone groups is 1. The van der Waals surface area contributed by atoms with Crippen molar-refractivity contribution in [1.82, 2.24) is 4.98 Å². The quantitative estimate of drug-likeness (QED) is 0.288. The average Bonchev–Trinajstić information content (AvgIpc) is 2.93. The number of halogens is 4. The van der Waals surface area contributed by atoms with Crippen LogP contribution in [0, 0.1) is 3.57 Å². The number of carbonyl (C=O) groups is 1. The average molecular weight is 483 g/mol. The number of alkyl halides is 3. The van der Waals surface area contributed by atoms with E-state index in [0.717, 1.165) is 12.1 Å². The van der Waals surface area contributed by atoms with Crippen LogP contribution in [-0.4, -0.2) is 23.8 Å². The number of benzene rings is 1. The number of rotatable bonds is 6. The predicted molar refractivity (Wildman–Crippen MR) is 97.8 cm³/mol. The second kappa shape index (κ2) is 8.61. The van der Waals surface area contributed by atoms with Crippen molar-refractivity contribution in [2.45, 2.75) is 19.5 Å². The first kappa shape index (κ1) is 19.6. The van der Waals surface area contributed by atoms with Crippen molar-refractivity contribution < 1.29 is 22.7 Å². The molecular formula is C15H13F3IN3O2S. The van der Waals surface area contributed by atoms with Crippen molar-refractivity contribution >= 4 is 51.2 Å². The van der Waals surface area contributed by atoms with Crippen LogP contribution in [0.4, 0.5) is 18.3 Å². The summed E-state index contributed by atoms with van der Waals surface area (Å²) in [7, 11) is 0. The first-order valence-corrected chi connectivity index (χ1v) is 9.00. The van der Waals surface area contributed by atoms with Gasteiger partial charge in [0, 0.05) is 8.95 Å². The zero-order valence-electron chi connectivity index (χ0n) is 12.9. The monoisotopic (exact) mass is 483 g/mol. The number of aromatic nitrogens is 1. The molecule has 0 atom stereocenters. The number of nitrogens with zero attached hydrogens (tertiary/aromatic N) is 2. The summed E-state index contributed by atoms with van der Waals surface area (Å²) < 4.78 is 43.6. The van der Waals surface area contributed by atoms with E-state index in [0.29, 0.717) is 26.6 Å². The van der Waals surface area contributed by atoms with Crippen LogP contribution in [0.5, 0.6) is 0 Å². The molecule has 0 aliphatic carbocycles. The number of esters is 1. The number of thiazole rings is 1. The van der Waals surface area contributed by atoms with Gasteiger partial charge in [-0.05, 0) is 53.3 Å². The highest BCUT2D eigenvalue weighted by molar-refractivity contribution is 14.1. The highest BCUT2D eigenvalue weighted by atomic mass is 127. The molecule has 1 N–H and O–H groups in total. The first-order chi connectivity index (χ1) is 11.8. The molecule has 0 spiro atoms. The largest absolute Gasteiger partial charge is 0.466 e. The number of ether oxygens (including phenoxy) is 1. The minimum absolute atomic E-state index is 0.0571. The smallest absolute Gasteiger partial charge is 0.416 e. The van der Waals surface area contributed by atoms with Gasteiger partial charge in [-0.15, -0.1) is 11.3 Å². The van der Waals surface area contributed by atoms with Gasteiger partial charge in [0.15, 0.2) is 0 Å². The Bertz CT molecular complexity index is 778. The zero-order chi connectivity index (χ0) is 18.4. The van der Waals surface area contributed by atoms with E-state index in [9.17, 15) is 18.0 Å². The third-order valence-electron chi connectivity index (χ3n) is 2.80. The molecule has 0 aliphatic rings. The summed E-state index contributed by atoms with van der Waals surface area (Å²) in [5.41, 5.74) is 2.76. The summed E-state index contributed by atoms with van der Waals surface area (Å²) in [6, 6.07) is 3.66. The summed E-state index contributed by atoms with van der Waals surface area (Å²) >= 11 is 3.05. The predicted octanol–water partition coefficient (Wildman–Crippen LogP) is 4.32. The summed E-state index contributed by atoms with van der Waals surface area (Å²) in [5.74, 6) is -0.374. The van der Waals surface area contributed by atoms with Crippen LogP contribution in [0.3, 0.4) is 0 Å². The van der Waals surface area contributed by atoms with Gasteiger partial charge in [-0.2, -0.15) is 18.3 Å². The summed E-state index contributed by atoms with van der Waals surface area (Å²) in [6.07, 6.45) is -3.07. The molecule has 0 saturated carbocycles. The molecule has 0 radical (unpaired) electrons. The minimum Gasteiger partial charge on any atom is -0.466 e. The van der Waals surface area contributed by atoms with E-state index in [1.54, 1.807) is 18.4 Å². The van der Waals surface area contributed by atoms with E-state index in [-0.39, 0.29) is 12.4 Å². The van der Waals surface area contributed by atoms with Crippen molar-refractivity contribution in [2.24, 2.45) is 5.10 Å². The maximum atomic E-state index is 12.8. The van der Waals surface area contributed by atoms with E-state index < -0.39 is 11.7 Å². The molecule has 2 aromatic rings. The van der Waals surface area contributed by atoms with Gasteiger partial charge in [0.05, 0.1) is 30.5 Å². The molecule has 0 saturated heterocycles. The van der Waals surface area contributed by atoms with Gasteiger partial charge >= 0.3 is 12.1 Å². The molecule has 1 aromatic carbocycles. The van der Waals surface area contributed by atoms with E-state index in [2.05, 4.69) is 15.5 Å². The maximum Gasteiger partial charge on any atom is 0.416 e. The number of nitrogens with one attached hydrogen (secondary N) is 1. The first-order valence-electron chi connectivity index (χ1n) is 7.05. The van der Waals surface area contributed by atoms with Gasteiger partial charge < -0.3 is 4.74 Å². The molecule has 134 valence electrons. The molecule has 0 aliphatic heterocycles. The second-order valence-corrected chi connectivity index (χ2v) is 6.87. The molecule has 10 heteroatoms. The normalized spacial score (nSPS) is 11.7. The lowest BCUT2D eigenvalue weighted by Crippen LogP contribution is -2.07. The van der Waals surface area contributed by atoms with Gasteiger partial charge in [-0.1, -0.05) is 0 Å². The molecule has 1 heterocycles. The van der Waals surface area contributed by atoms with Crippen LogP contribution >= 0.6 is 33.9 Å². The van der Waals surface area contributed by atoms with Gasteiger partial charge in [0.25, 0.3) is 0 Å². The Morgan fingerprint density at radius 3 is 2.88 bits per heavy atom. The third-order valence-corrected chi connectivity index (χ3v) is 4.22. The summed E-state index contributed by atoms with van der Waals surface area (Å²) in [5, 5.41) is 6.00. The van der Waals surface area contributed by atoms with E-state index >= 15 is 0 Å². The van der Waals surface area contributed by atoms with E-state index in [1.165, 1.54) is 17.6 Å². The Kier molecular flexibility index (Phi) is 6.76. The fourth-order valence-electron chi connectivity index (χ4n) is 1.81. The fourth-order valence-corrected chi connectivity index (χ4v) is 3.17. The van der Waals surface area contributed by atoms with Gasteiger partial charge in [0.1, 0.15) is 0 Å². The van der Waals surface area contributed by atoms with Crippen molar-refractivity contribution in [3.05, 3.63) is 44.0 Å². The van der Waals surface area contributed by atoms with Crippen LogP contribution in [0.15, 0.2) is 28.7 Å². The van der Waals surface area contributed by atoms with Crippen molar-refractivity contribution in [3.63, 3.8) is 0 Å². The fraction of sp³-hybridized carbons (Fsp3) is 0.267. The second-order valence-electron chi connectivity index (χ2n) is 4.77. The zero-order valence-corrected chi connectivity index (χ0v) is 15.9. The Labute approximate surface area is 159 Å². The maximum absolute atomic E-state index is 12.8. The van der Waals surface area contributed by atoms with Crippen LogP contribution in [0.1, 0.15) is 23.7 Å². The number of hydrogen-bond donors (Lipinski definition) is 1. The topological polar surface area (TPSA) is 63.6 Å². The molecule has 0 amide bonds. The van der Waals surface area contributed by atoms with Crippen molar-refractivity contribution in [3.8, 4) is 0 Å². The van der Waals surface area contributed by atoms with Crippen LogP contribution < -0.4 is 5.43 Å². The number of carbonyl (C=O) groups excluding carboxylic acids is 1. The SMILES string of the molecule is CCOC(=O)Cc1csc(NN=Cc2cc(I)cc(C(F)(F)F)c2)n1. The highest BCUT2D eigenvalue weighted by Gasteiger charge is 2.30. The lowest BCUT2D eigenvalue weighted by molar-refractivity contribution is -0.142. The Morgan fingerprint density at radius 1 is 1.44 bits per heavy atom. The third kappa shape index (κ3) is 6.27. The van der Waals surface area contributed by atoms with Crippen LogP contribution in [0.25, 0.3) is 0 Å². The Morgan fingerprint density at radius 2 is 2.20 bits per heavy atom.